The van der Waals surface area contributed by atoms with E-state index in [-0.39, 0.29) is 5.91 Å². The lowest BCUT2D eigenvalue weighted by atomic mass is 10.1. The van der Waals surface area contributed by atoms with E-state index in [2.05, 4.69) is 39.5 Å². The molecule has 0 aliphatic carbocycles. The minimum Gasteiger partial charge on any atom is -0.379 e. The van der Waals surface area contributed by atoms with Crippen LogP contribution in [0.1, 0.15) is 21.5 Å². The lowest BCUT2D eigenvalue weighted by molar-refractivity contribution is 0.0342. The number of ether oxygens (including phenoxy) is 1. The Hall–Kier alpha value is -2.02. The molecule has 1 fully saturated rings. The van der Waals surface area contributed by atoms with Crippen LogP contribution in [0.2, 0.25) is 0 Å². The molecular weight excluding hydrogens is 322 g/mol. The molecule has 6 heteroatoms. The Morgan fingerprint density at radius 2 is 1.88 bits per heavy atom. The Morgan fingerprint density at radius 3 is 2.58 bits per heavy atom. The van der Waals surface area contributed by atoms with E-state index in [1.54, 1.807) is 18.3 Å². The van der Waals surface area contributed by atoms with Gasteiger partial charge in [-0.05, 0) is 23.3 Å². The van der Waals surface area contributed by atoms with E-state index in [4.69, 9.17) is 17.0 Å². The second-order valence-electron chi connectivity index (χ2n) is 5.80. The second-order valence-corrected chi connectivity index (χ2v) is 6.21. The number of benzene rings is 1. The van der Waals surface area contributed by atoms with Gasteiger partial charge in [0.05, 0.1) is 18.8 Å². The maximum atomic E-state index is 12.2. The molecule has 5 nitrogen and oxygen atoms in total. The van der Waals surface area contributed by atoms with Crippen molar-refractivity contribution in [3.8, 4) is 0 Å². The van der Waals surface area contributed by atoms with Gasteiger partial charge in [-0.1, -0.05) is 36.5 Å². The number of aromatic amines is 1. The van der Waals surface area contributed by atoms with Gasteiger partial charge >= 0.3 is 0 Å². The highest BCUT2D eigenvalue weighted by molar-refractivity contribution is 7.71. The van der Waals surface area contributed by atoms with Crippen LogP contribution in [-0.4, -0.2) is 42.1 Å². The van der Waals surface area contributed by atoms with Gasteiger partial charge in [-0.15, -0.1) is 0 Å². The van der Waals surface area contributed by atoms with Gasteiger partial charge < -0.3 is 15.0 Å². The average molecular weight is 343 g/mol. The molecule has 2 aromatic rings. The van der Waals surface area contributed by atoms with Crippen LogP contribution in [-0.2, 0) is 17.8 Å². The fraction of sp³-hybridized carbons (Fsp3) is 0.333. The third-order valence-corrected chi connectivity index (χ3v) is 4.39. The van der Waals surface area contributed by atoms with Gasteiger partial charge in [0.2, 0.25) is 0 Å². The summed E-state index contributed by atoms with van der Waals surface area (Å²) < 4.78 is 5.82. The van der Waals surface area contributed by atoms with Crippen LogP contribution in [0.3, 0.4) is 0 Å². The summed E-state index contributed by atoms with van der Waals surface area (Å²) in [7, 11) is 0. The van der Waals surface area contributed by atoms with Crippen molar-refractivity contribution in [2.75, 3.05) is 26.3 Å². The van der Waals surface area contributed by atoms with Crippen LogP contribution in [0.5, 0.6) is 0 Å². The molecule has 24 heavy (non-hydrogen) atoms. The van der Waals surface area contributed by atoms with Gasteiger partial charge in [0, 0.05) is 32.4 Å². The molecule has 2 heterocycles. The van der Waals surface area contributed by atoms with E-state index in [1.807, 2.05) is 0 Å². The first-order chi connectivity index (χ1) is 11.7. The van der Waals surface area contributed by atoms with Gasteiger partial charge in [-0.2, -0.15) is 0 Å². The highest BCUT2D eigenvalue weighted by Crippen LogP contribution is 2.09. The molecule has 1 amide bonds. The smallest absolute Gasteiger partial charge is 0.254 e. The average Bonchev–Trinajstić information content (AvgIpc) is 2.62. The number of pyridine rings is 1. The monoisotopic (exact) mass is 343 g/mol. The van der Waals surface area contributed by atoms with Crippen LogP contribution in [0.15, 0.2) is 42.6 Å². The normalized spacial score (nSPS) is 15.2. The van der Waals surface area contributed by atoms with E-state index in [0.717, 1.165) is 38.4 Å². The number of carbonyl (C=O) groups excluding carboxylic acids is 1. The summed E-state index contributed by atoms with van der Waals surface area (Å²) in [4.78, 5) is 17.4. The zero-order valence-corrected chi connectivity index (χ0v) is 14.3. The molecule has 0 unspecified atom stereocenters. The van der Waals surface area contributed by atoms with Crippen molar-refractivity contribution in [1.82, 2.24) is 15.2 Å². The maximum Gasteiger partial charge on any atom is 0.254 e. The van der Waals surface area contributed by atoms with Crippen molar-refractivity contribution in [2.24, 2.45) is 0 Å². The molecule has 0 bridgehead atoms. The van der Waals surface area contributed by atoms with E-state index >= 15 is 0 Å². The van der Waals surface area contributed by atoms with Gasteiger partial charge in [0.25, 0.3) is 5.91 Å². The molecule has 1 aliphatic rings. The lowest BCUT2D eigenvalue weighted by Crippen LogP contribution is -2.35. The van der Waals surface area contributed by atoms with Crippen molar-refractivity contribution in [1.29, 1.82) is 0 Å². The molecule has 2 N–H and O–H groups in total. The summed E-state index contributed by atoms with van der Waals surface area (Å²) >= 11 is 5.12. The number of aromatic nitrogens is 1. The number of nitrogens with one attached hydrogen (secondary N) is 2. The largest absolute Gasteiger partial charge is 0.379 e. The number of morpholine rings is 1. The standard InChI is InChI=1S/C18H21N3O2S/c22-17(16-2-1-7-19-18(16)24)20-12-14-3-5-15(6-4-14)13-21-8-10-23-11-9-21/h1-7H,8-13H2,(H,19,24)(H,20,22). The number of hydrogen-bond donors (Lipinski definition) is 2. The number of amides is 1. The fourth-order valence-electron chi connectivity index (χ4n) is 2.66. The third-order valence-electron chi connectivity index (χ3n) is 4.05. The molecule has 3 rings (SSSR count). The number of hydrogen-bond acceptors (Lipinski definition) is 4. The Bertz CT molecular complexity index is 736. The molecule has 0 saturated carbocycles. The topological polar surface area (TPSA) is 57.4 Å². The van der Waals surface area contributed by atoms with E-state index in [9.17, 15) is 4.79 Å². The minimum absolute atomic E-state index is 0.158. The molecule has 1 saturated heterocycles. The summed E-state index contributed by atoms with van der Waals surface area (Å²) in [5.41, 5.74) is 2.84. The van der Waals surface area contributed by atoms with Crippen LogP contribution >= 0.6 is 12.2 Å². The Morgan fingerprint density at radius 1 is 1.17 bits per heavy atom. The zero-order valence-electron chi connectivity index (χ0n) is 13.5. The molecule has 0 spiro atoms. The van der Waals surface area contributed by atoms with Crippen LogP contribution in [0.25, 0.3) is 0 Å². The van der Waals surface area contributed by atoms with Crippen LogP contribution < -0.4 is 5.32 Å². The third kappa shape index (κ3) is 4.50. The van der Waals surface area contributed by atoms with Crippen LogP contribution in [0.4, 0.5) is 0 Å². The van der Waals surface area contributed by atoms with Crippen molar-refractivity contribution in [3.05, 3.63) is 63.9 Å². The molecule has 1 aliphatic heterocycles. The van der Waals surface area contributed by atoms with Crippen molar-refractivity contribution in [2.45, 2.75) is 13.1 Å². The van der Waals surface area contributed by atoms with Crippen LogP contribution in [0, 0.1) is 4.64 Å². The van der Waals surface area contributed by atoms with Crippen molar-refractivity contribution < 1.29 is 9.53 Å². The summed E-state index contributed by atoms with van der Waals surface area (Å²) in [6.45, 7) is 5.01. The number of nitrogens with zero attached hydrogens (tertiary/aromatic N) is 1. The maximum absolute atomic E-state index is 12.2. The first kappa shape index (κ1) is 16.8. The molecule has 0 atom stereocenters. The molecule has 1 aromatic carbocycles. The predicted octanol–water partition coefficient (Wildman–Crippen LogP) is 2.51. The minimum atomic E-state index is -0.158. The first-order valence-corrected chi connectivity index (χ1v) is 8.47. The number of carbonyl (C=O) groups is 1. The number of H-pyrrole nitrogens is 1. The van der Waals surface area contributed by atoms with E-state index < -0.39 is 0 Å². The second kappa shape index (κ2) is 8.19. The van der Waals surface area contributed by atoms with Gasteiger partial charge in [-0.25, -0.2) is 0 Å². The zero-order chi connectivity index (χ0) is 16.8. The molecule has 126 valence electrons. The predicted molar refractivity (Wildman–Crippen MR) is 95.3 cm³/mol. The van der Waals surface area contributed by atoms with Gasteiger partial charge in [0.1, 0.15) is 4.64 Å². The van der Waals surface area contributed by atoms with Crippen molar-refractivity contribution in [3.63, 3.8) is 0 Å². The SMILES string of the molecule is O=C(NCc1ccc(CN2CCOCC2)cc1)c1ccc[nH]c1=S. The van der Waals surface area contributed by atoms with Gasteiger partial charge in [0.15, 0.2) is 0 Å². The summed E-state index contributed by atoms with van der Waals surface area (Å²) in [6.07, 6.45) is 1.71. The summed E-state index contributed by atoms with van der Waals surface area (Å²) in [6, 6.07) is 11.8. The summed E-state index contributed by atoms with van der Waals surface area (Å²) in [5, 5.41) is 2.90. The molecular formula is C18H21N3O2S. The quantitative estimate of drug-likeness (QED) is 0.819. The Balaban J connectivity index is 1.53. The van der Waals surface area contributed by atoms with Gasteiger partial charge in [-0.3, -0.25) is 9.69 Å². The first-order valence-electron chi connectivity index (χ1n) is 8.06. The van der Waals surface area contributed by atoms with Crippen molar-refractivity contribution >= 4 is 18.1 Å². The van der Waals surface area contributed by atoms with E-state index in [1.165, 1.54) is 5.56 Å². The summed E-state index contributed by atoms with van der Waals surface area (Å²) in [5.74, 6) is -0.158. The molecule has 1 aromatic heterocycles. The molecule has 0 radical (unpaired) electrons. The Kier molecular flexibility index (Phi) is 5.74. The lowest BCUT2D eigenvalue weighted by Gasteiger charge is -2.26. The fourth-order valence-corrected chi connectivity index (χ4v) is 2.89. The highest BCUT2D eigenvalue weighted by Gasteiger charge is 2.11. The highest BCUT2D eigenvalue weighted by atomic mass is 32.1. The van der Waals surface area contributed by atoms with E-state index in [0.29, 0.717) is 16.7 Å². The Labute approximate surface area is 146 Å². The number of rotatable bonds is 5.